The van der Waals surface area contributed by atoms with Crippen LogP contribution in [0.1, 0.15) is 50.7 Å². The molecule has 0 unspecified atom stereocenters. The average Bonchev–Trinajstić information content (AvgIpc) is 3.20. The Morgan fingerprint density at radius 2 is 1.89 bits per heavy atom. The van der Waals surface area contributed by atoms with Crippen LogP contribution in [0.3, 0.4) is 0 Å². The van der Waals surface area contributed by atoms with E-state index in [0.29, 0.717) is 10.6 Å². The quantitative estimate of drug-likeness (QED) is 0.432. The highest BCUT2D eigenvalue weighted by molar-refractivity contribution is 6.31. The van der Waals surface area contributed by atoms with E-state index in [1.807, 2.05) is 0 Å². The van der Waals surface area contributed by atoms with E-state index in [9.17, 15) is 14.0 Å². The molecule has 2 N–H and O–H groups in total. The number of anilines is 2. The minimum absolute atomic E-state index is 0.00398. The van der Waals surface area contributed by atoms with E-state index in [0.717, 1.165) is 32.1 Å². The molecule has 11 heteroatoms. The lowest BCUT2D eigenvalue weighted by Crippen LogP contribution is -2.25. The van der Waals surface area contributed by atoms with Crippen molar-refractivity contribution in [1.82, 2.24) is 20.0 Å². The van der Waals surface area contributed by atoms with Gasteiger partial charge in [0.25, 0.3) is 0 Å². The van der Waals surface area contributed by atoms with Gasteiger partial charge in [-0.3, -0.25) is 10.1 Å². The number of aryl methyl sites for hydroxylation is 1. The molecule has 1 aliphatic rings. The molecule has 2 amide bonds. The van der Waals surface area contributed by atoms with Gasteiger partial charge in [-0.1, -0.05) is 54.3 Å². The van der Waals surface area contributed by atoms with E-state index >= 15 is 0 Å². The maximum atomic E-state index is 14.8. The summed E-state index contributed by atoms with van der Waals surface area (Å²) in [5.41, 5.74) is 0.942. The Kier molecular flexibility index (Phi) is 7.60. The van der Waals surface area contributed by atoms with Crippen LogP contribution in [0.4, 0.5) is 20.7 Å². The molecule has 4 rings (SSSR count). The van der Waals surface area contributed by atoms with E-state index in [2.05, 4.69) is 25.9 Å². The Labute approximate surface area is 207 Å². The van der Waals surface area contributed by atoms with Gasteiger partial charge < -0.3 is 10.1 Å². The van der Waals surface area contributed by atoms with Gasteiger partial charge in [-0.05, 0) is 38.0 Å². The van der Waals surface area contributed by atoms with Gasteiger partial charge in [-0.2, -0.15) is 4.39 Å². The molecule has 9 nitrogen and oxygen atoms in total. The van der Waals surface area contributed by atoms with E-state index in [-0.39, 0.29) is 34.7 Å². The van der Waals surface area contributed by atoms with Gasteiger partial charge in [0.1, 0.15) is 6.10 Å². The first-order valence-corrected chi connectivity index (χ1v) is 11.8. The van der Waals surface area contributed by atoms with Gasteiger partial charge >= 0.3 is 6.09 Å². The highest BCUT2D eigenvalue weighted by Gasteiger charge is 2.24. The van der Waals surface area contributed by atoms with Crippen LogP contribution in [-0.4, -0.2) is 32.0 Å². The molecular formula is C24H26ClFN6O3. The van der Waals surface area contributed by atoms with Gasteiger partial charge in [0, 0.05) is 23.6 Å². The van der Waals surface area contributed by atoms with Crippen molar-refractivity contribution in [2.45, 2.75) is 45.1 Å². The number of nitrogens with one attached hydrogen (secondary N) is 2. The second kappa shape index (κ2) is 10.8. The molecule has 0 spiro atoms. The summed E-state index contributed by atoms with van der Waals surface area (Å²) in [6.07, 6.45) is 3.35. The number of pyridine rings is 1. The third kappa shape index (κ3) is 5.76. The summed E-state index contributed by atoms with van der Waals surface area (Å²) in [6, 6.07) is 9.98. The van der Waals surface area contributed by atoms with Crippen LogP contribution < -0.4 is 10.6 Å². The molecule has 3 aromatic rings. The first-order valence-electron chi connectivity index (χ1n) is 11.4. The zero-order chi connectivity index (χ0) is 24.9. The molecular weight excluding hydrogens is 475 g/mol. The molecule has 2 heterocycles. The fraction of sp³-hybridized carbons (Fsp3) is 0.375. The Bertz CT molecular complexity index is 1230. The van der Waals surface area contributed by atoms with Gasteiger partial charge in [-0.25, -0.2) is 14.5 Å². The van der Waals surface area contributed by atoms with Crippen LogP contribution in [-0.2, 0) is 16.6 Å². The fourth-order valence-corrected chi connectivity index (χ4v) is 4.37. The number of rotatable bonds is 6. The van der Waals surface area contributed by atoms with Gasteiger partial charge in [-0.15, -0.1) is 5.10 Å². The summed E-state index contributed by atoms with van der Waals surface area (Å²) < 4.78 is 21.5. The predicted octanol–water partition coefficient (Wildman–Crippen LogP) is 5.50. The third-order valence-electron chi connectivity index (χ3n) is 6.00. The molecule has 2 aromatic heterocycles. The zero-order valence-corrected chi connectivity index (χ0v) is 20.2. The van der Waals surface area contributed by atoms with E-state index in [1.165, 1.54) is 16.8 Å². The Morgan fingerprint density at radius 3 is 2.60 bits per heavy atom. The smallest absolute Gasteiger partial charge is 0.413 e. The largest absolute Gasteiger partial charge is 0.441 e. The number of aromatic nitrogens is 4. The maximum absolute atomic E-state index is 14.8. The molecule has 0 radical (unpaired) electrons. The highest BCUT2D eigenvalue weighted by Crippen LogP contribution is 2.29. The summed E-state index contributed by atoms with van der Waals surface area (Å²) in [6.45, 7) is 1.69. The maximum Gasteiger partial charge on any atom is 0.413 e. The number of benzene rings is 1. The van der Waals surface area contributed by atoms with Crippen molar-refractivity contribution in [1.29, 1.82) is 0 Å². The summed E-state index contributed by atoms with van der Waals surface area (Å²) in [5.74, 6) is -0.987. The van der Waals surface area contributed by atoms with Crippen LogP contribution >= 0.6 is 11.6 Å². The topological polar surface area (TPSA) is 111 Å². The van der Waals surface area contributed by atoms with Gasteiger partial charge in [0.15, 0.2) is 11.5 Å². The number of hydrogen-bond donors (Lipinski definition) is 2. The average molecular weight is 501 g/mol. The fourth-order valence-electron chi connectivity index (χ4n) is 4.08. The second-order valence-electron chi connectivity index (χ2n) is 8.46. The Morgan fingerprint density at radius 1 is 1.14 bits per heavy atom. The number of halogens is 2. The standard InChI is InChI=1S/C24H26ClFN6O3/c1-14(16-10-6-7-11-17(16)25)35-24(34)29-22-20(30-31-32(22)2)18-12-13-19(21(26)27-18)28-23(33)15-8-4-3-5-9-15/h6-7,10-15H,3-5,8-9H2,1-2H3,(H,28,33)(H,29,34)/t14-/m0/s1. The van der Waals surface area contributed by atoms with Crippen LogP contribution in [0.2, 0.25) is 5.02 Å². The number of amides is 2. The summed E-state index contributed by atoms with van der Waals surface area (Å²) in [4.78, 5) is 28.9. The normalized spacial score (nSPS) is 14.9. The van der Waals surface area contributed by atoms with E-state index in [1.54, 1.807) is 38.2 Å². The van der Waals surface area contributed by atoms with Crippen molar-refractivity contribution in [3.05, 3.63) is 52.9 Å². The minimum Gasteiger partial charge on any atom is -0.441 e. The summed E-state index contributed by atoms with van der Waals surface area (Å²) in [7, 11) is 1.57. The molecule has 1 aliphatic carbocycles. The molecule has 1 saturated carbocycles. The number of hydrogen-bond acceptors (Lipinski definition) is 6. The lowest BCUT2D eigenvalue weighted by atomic mass is 9.88. The van der Waals surface area contributed by atoms with Crippen LogP contribution in [0.5, 0.6) is 0 Å². The van der Waals surface area contributed by atoms with Gasteiger partial charge in [0.2, 0.25) is 11.9 Å². The third-order valence-corrected chi connectivity index (χ3v) is 6.34. The molecule has 1 fully saturated rings. The lowest BCUT2D eigenvalue weighted by molar-refractivity contribution is -0.120. The number of carbonyl (C=O) groups excluding carboxylic acids is 2. The molecule has 1 atom stereocenters. The van der Waals surface area contributed by atoms with E-state index in [4.69, 9.17) is 16.3 Å². The molecule has 1 aromatic carbocycles. The predicted molar refractivity (Wildman–Crippen MR) is 129 cm³/mol. The molecule has 0 aliphatic heterocycles. The molecule has 0 bridgehead atoms. The highest BCUT2D eigenvalue weighted by atomic mass is 35.5. The Balaban J connectivity index is 1.46. The van der Waals surface area contributed by atoms with Crippen molar-refractivity contribution >= 4 is 35.1 Å². The first-order chi connectivity index (χ1) is 16.8. The van der Waals surface area contributed by atoms with Crippen molar-refractivity contribution in [3.8, 4) is 11.4 Å². The zero-order valence-electron chi connectivity index (χ0n) is 19.4. The molecule has 184 valence electrons. The SMILES string of the molecule is C[C@H](OC(=O)Nc1c(-c2ccc(NC(=O)C3CCCCC3)c(F)n2)nnn1C)c1ccccc1Cl. The number of nitrogens with zero attached hydrogens (tertiary/aromatic N) is 4. The van der Waals surface area contributed by atoms with Gasteiger partial charge in [0.05, 0.1) is 11.4 Å². The first kappa shape index (κ1) is 24.6. The monoisotopic (exact) mass is 500 g/mol. The van der Waals surface area contributed by atoms with Crippen molar-refractivity contribution < 1.29 is 18.7 Å². The number of carbonyl (C=O) groups is 2. The van der Waals surface area contributed by atoms with Crippen molar-refractivity contribution in [2.75, 3.05) is 10.6 Å². The Hall–Kier alpha value is -3.53. The van der Waals surface area contributed by atoms with E-state index < -0.39 is 18.1 Å². The van der Waals surface area contributed by atoms with Crippen LogP contribution in [0.15, 0.2) is 36.4 Å². The summed E-state index contributed by atoms with van der Waals surface area (Å²) >= 11 is 6.17. The molecule has 35 heavy (non-hydrogen) atoms. The van der Waals surface area contributed by atoms with Crippen LogP contribution in [0.25, 0.3) is 11.4 Å². The minimum atomic E-state index is -0.849. The molecule has 0 saturated heterocycles. The number of ether oxygens (including phenoxy) is 1. The summed E-state index contributed by atoms with van der Waals surface area (Å²) in [5, 5.41) is 13.6. The second-order valence-corrected chi connectivity index (χ2v) is 8.87. The lowest BCUT2D eigenvalue weighted by Gasteiger charge is -2.20. The van der Waals surface area contributed by atoms with Crippen molar-refractivity contribution in [3.63, 3.8) is 0 Å². The van der Waals surface area contributed by atoms with Crippen molar-refractivity contribution in [2.24, 2.45) is 13.0 Å². The van der Waals surface area contributed by atoms with Crippen LogP contribution in [0, 0.1) is 11.9 Å².